The molecule has 1 aliphatic heterocycles. The summed E-state index contributed by atoms with van der Waals surface area (Å²) in [7, 11) is 0. The Morgan fingerprint density at radius 3 is 2.93 bits per heavy atom. The zero-order valence-electron chi connectivity index (χ0n) is 7.48. The van der Waals surface area contributed by atoms with Gasteiger partial charge in [0.1, 0.15) is 5.75 Å². The Morgan fingerprint density at radius 2 is 2.21 bits per heavy atom. The molecule has 0 N–H and O–H groups in total. The predicted octanol–water partition coefficient (Wildman–Crippen LogP) is -0.448. The largest absolute Gasteiger partial charge is 0.427 e. The molecule has 4 nitrogen and oxygen atoms in total. The van der Waals surface area contributed by atoms with Crippen molar-refractivity contribution >= 4 is 18.0 Å². The minimum Gasteiger partial charge on any atom is -0.427 e. The molecular formula is C10H7NO3. The Balaban J connectivity index is 2.49. The second-order valence-corrected chi connectivity index (χ2v) is 2.91. The Morgan fingerprint density at radius 1 is 1.43 bits per heavy atom. The third-order valence-corrected chi connectivity index (χ3v) is 1.77. The molecule has 1 amide bonds. The Kier molecular flexibility index (Phi) is 1.89. The van der Waals surface area contributed by atoms with Crippen molar-refractivity contribution in [2.24, 2.45) is 4.99 Å². The molecule has 1 heterocycles. The highest BCUT2D eigenvalue weighted by atomic mass is 16.5. The summed E-state index contributed by atoms with van der Waals surface area (Å²) in [5, 5.41) is 1.31. The fourth-order valence-electron chi connectivity index (χ4n) is 1.26. The number of carbonyl (C=O) groups is 2. The van der Waals surface area contributed by atoms with E-state index in [0.717, 1.165) is 0 Å². The van der Waals surface area contributed by atoms with Crippen molar-refractivity contribution in [1.29, 1.82) is 0 Å². The van der Waals surface area contributed by atoms with Gasteiger partial charge in [-0.3, -0.25) is 9.59 Å². The number of nitrogens with zero attached hydrogens (tertiary/aromatic N) is 1. The topological polar surface area (TPSA) is 55.7 Å². The van der Waals surface area contributed by atoms with Gasteiger partial charge in [0, 0.05) is 18.2 Å². The van der Waals surface area contributed by atoms with Crippen LogP contribution >= 0.6 is 0 Å². The Labute approximate surface area is 79.5 Å². The van der Waals surface area contributed by atoms with E-state index in [4.69, 9.17) is 4.74 Å². The smallest absolute Gasteiger partial charge is 0.308 e. The van der Waals surface area contributed by atoms with E-state index in [-0.39, 0.29) is 11.9 Å². The van der Waals surface area contributed by atoms with Gasteiger partial charge in [-0.2, -0.15) is 0 Å². The summed E-state index contributed by atoms with van der Waals surface area (Å²) < 4.78 is 4.86. The highest BCUT2D eigenvalue weighted by Crippen LogP contribution is 2.04. The molecule has 0 unspecified atom stereocenters. The van der Waals surface area contributed by atoms with Crippen LogP contribution in [0.1, 0.15) is 6.92 Å². The maximum absolute atomic E-state index is 10.9. The van der Waals surface area contributed by atoms with E-state index < -0.39 is 0 Å². The molecule has 2 rings (SSSR count). The fraction of sp³-hybridized carbons (Fsp3) is 0.100. The van der Waals surface area contributed by atoms with Gasteiger partial charge in [-0.05, 0) is 18.2 Å². The molecule has 0 radical (unpaired) electrons. The standard InChI is InChI=1S/C10H7NO3/c1-6(12)14-8-2-3-9-7(4-8)5-10(13)11-9/h2-5H,1H3. The summed E-state index contributed by atoms with van der Waals surface area (Å²) in [5.74, 6) is -0.233. The van der Waals surface area contributed by atoms with Gasteiger partial charge >= 0.3 is 5.97 Å². The summed E-state index contributed by atoms with van der Waals surface area (Å²) in [4.78, 5) is 25.3. The van der Waals surface area contributed by atoms with Crippen molar-refractivity contribution in [2.45, 2.75) is 6.92 Å². The van der Waals surface area contributed by atoms with Crippen molar-refractivity contribution in [3.05, 3.63) is 28.8 Å². The van der Waals surface area contributed by atoms with Crippen molar-refractivity contribution in [1.82, 2.24) is 0 Å². The van der Waals surface area contributed by atoms with E-state index in [9.17, 15) is 9.59 Å². The lowest BCUT2D eigenvalue weighted by Gasteiger charge is -1.98. The molecule has 0 saturated carbocycles. The molecule has 1 aromatic rings. The number of rotatable bonds is 1. The molecular weight excluding hydrogens is 182 g/mol. The summed E-state index contributed by atoms with van der Waals surface area (Å²) in [5.41, 5.74) is 0. The van der Waals surface area contributed by atoms with Gasteiger partial charge < -0.3 is 4.74 Å². The van der Waals surface area contributed by atoms with Crippen LogP contribution in [0.4, 0.5) is 0 Å². The number of ether oxygens (including phenoxy) is 1. The Hall–Kier alpha value is -1.97. The first-order chi connectivity index (χ1) is 6.65. The maximum atomic E-state index is 10.9. The normalized spacial score (nSPS) is 12.8. The molecule has 0 fully saturated rings. The number of hydrogen-bond acceptors (Lipinski definition) is 3. The molecule has 0 atom stereocenters. The molecule has 0 bridgehead atoms. The minimum atomic E-state index is -0.383. The van der Waals surface area contributed by atoms with E-state index in [1.54, 1.807) is 18.2 Å². The molecule has 70 valence electrons. The first-order valence-corrected chi connectivity index (χ1v) is 4.08. The molecule has 1 aliphatic rings. The van der Waals surface area contributed by atoms with Gasteiger partial charge in [-0.1, -0.05) is 0 Å². The van der Waals surface area contributed by atoms with Gasteiger partial charge in [-0.25, -0.2) is 4.99 Å². The van der Waals surface area contributed by atoms with Crippen LogP contribution in [-0.2, 0) is 9.59 Å². The highest BCUT2D eigenvalue weighted by molar-refractivity contribution is 6.06. The third kappa shape index (κ3) is 1.54. The fourth-order valence-corrected chi connectivity index (χ4v) is 1.26. The number of esters is 1. The van der Waals surface area contributed by atoms with E-state index in [1.165, 1.54) is 13.0 Å². The van der Waals surface area contributed by atoms with Gasteiger partial charge in [0.05, 0.1) is 5.36 Å². The summed E-state index contributed by atoms with van der Waals surface area (Å²) in [6.07, 6.45) is 1.41. The molecule has 1 aromatic carbocycles. The van der Waals surface area contributed by atoms with Crippen LogP contribution in [0.5, 0.6) is 5.75 Å². The van der Waals surface area contributed by atoms with Crippen LogP contribution in [0, 0.1) is 0 Å². The summed E-state index contributed by atoms with van der Waals surface area (Å²) >= 11 is 0. The predicted molar refractivity (Wildman–Crippen MR) is 48.0 cm³/mol. The zero-order chi connectivity index (χ0) is 10.1. The van der Waals surface area contributed by atoms with E-state index in [0.29, 0.717) is 16.3 Å². The lowest BCUT2D eigenvalue weighted by molar-refractivity contribution is -0.131. The van der Waals surface area contributed by atoms with Crippen molar-refractivity contribution < 1.29 is 14.3 Å². The Bertz CT molecular complexity index is 531. The highest BCUT2D eigenvalue weighted by Gasteiger charge is 2.04. The van der Waals surface area contributed by atoms with Crippen LogP contribution in [-0.4, -0.2) is 11.9 Å². The second kappa shape index (κ2) is 3.06. The van der Waals surface area contributed by atoms with E-state index in [2.05, 4.69) is 4.99 Å². The van der Waals surface area contributed by atoms with Gasteiger partial charge in [0.2, 0.25) is 0 Å². The minimum absolute atomic E-state index is 0.278. The molecule has 0 aliphatic carbocycles. The van der Waals surface area contributed by atoms with Gasteiger partial charge in [0.15, 0.2) is 0 Å². The van der Waals surface area contributed by atoms with Crippen molar-refractivity contribution in [3.63, 3.8) is 0 Å². The third-order valence-electron chi connectivity index (χ3n) is 1.77. The SMILES string of the molecule is CC(=O)Oc1ccc2c(c1)=CC(=O)N=2. The molecule has 4 heteroatoms. The lowest BCUT2D eigenvalue weighted by atomic mass is 10.3. The number of benzene rings is 1. The number of carbonyl (C=O) groups excluding carboxylic acids is 2. The first-order valence-electron chi connectivity index (χ1n) is 4.08. The molecule has 0 saturated heterocycles. The van der Waals surface area contributed by atoms with Gasteiger partial charge in [0.25, 0.3) is 5.91 Å². The van der Waals surface area contributed by atoms with E-state index >= 15 is 0 Å². The average molecular weight is 189 g/mol. The quantitative estimate of drug-likeness (QED) is 0.444. The van der Waals surface area contributed by atoms with Crippen LogP contribution in [0.2, 0.25) is 0 Å². The van der Waals surface area contributed by atoms with Crippen LogP contribution in [0.15, 0.2) is 23.2 Å². The summed E-state index contributed by atoms with van der Waals surface area (Å²) in [6.45, 7) is 1.33. The maximum Gasteiger partial charge on any atom is 0.308 e. The second-order valence-electron chi connectivity index (χ2n) is 2.91. The summed E-state index contributed by atoms with van der Waals surface area (Å²) in [6, 6.07) is 4.87. The molecule has 0 spiro atoms. The zero-order valence-corrected chi connectivity index (χ0v) is 7.48. The first kappa shape index (κ1) is 8.62. The average Bonchev–Trinajstić information content (AvgIpc) is 2.42. The molecule has 14 heavy (non-hydrogen) atoms. The lowest BCUT2D eigenvalue weighted by Crippen LogP contribution is -2.21. The number of hydrogen-bond donors (Lipinski definition) is 0. The van der Waals surface area contributed by atoms with Gasteiger partial charge in [-0.15, -0.1) is 0 Å². The number of amides is 1. The molecule has 0 aromatic heterocycles. The monoisotopic (exact) mass is 189 g/mol. The van der Waals surface area contributed by atoms with Crippen LogP contribution < -0.4 is 15.3 Å². The van der Waals surface area contributed by atoms with Crippen molar-refractivity contribution in [2.75, 3.05) is 0 Å². The van der Waals surface area contributed by atoms with Crippen LogP contribution in [0.3, 0.4) is 0 Å². The van der Waals surface area contributed by atoms with Crippen molar-refractivity contribution in [3.8, 4) is 5.75 Å². The van der Waals surface area contributed by atoms with E-state index in [1.807, 2.05) is 0 Å². The van der Waals surface area contributed by atoms with Crippen LogP contribution in [0.25, 0.3) is 6.08 Å². The number of fused-ring (bicyclic) bond motifs is 1.